The van der Waals surface area contributed by atoms with Crippen LogP contribution in [0, 0.1) is 0 Å². The Labute approximate surface area is 211 Å². The summed E-state index contributed by atoms with van der Waals surface area (Å²) in [6.45, 7) is 4.20. The van der Waals surface area contributed by atoms with Crippen molar-refractivity contribution in [1.82, 2.24) is 0 Å². The van der Waals surface area contributed by atoms with Crippen molar-refractivity contribution in [2.75, 3.05) is 0 Å². The van der Waals surface area contributed by atoms with Gasteiger partial charge in [-0.15, -0.1) is 0 Å². The minimum Gasteiger partial charge on any atom is -0.423 e. The zero-order valence-electron chi connectivity index (χ0n) is 20.4. The number of esters is 2. The first-order chi connectivity index (χ1) is 17.5. The van der Waals surface area contributed by atoms with Crippen LogP contribution in [0.4, 0.5) is 0 Å². The molecule has 0 heterocycles. The van der Waals surface area contributed by atoms with Crippen molar-refractivity contribution in [2.24, 2.45) is 0 Å². The summed E-state index contributed by atoms with van der Waals surface area (Å²) in [7, 11) is 0. The van der Waals surface area contributed by atoms with E-state index >= 15 is 0 Å². The third kappa shape index (κ3) is 6.80. The maximum absolute atomic E-state index is 12.2. The summed E-state index contributed by atoms with van der Waals surface area (Å²) in [5.74, 6) is -0.00770. The van der Waals surface area contributed by atoms with Crippen LogP contribution >= 0.6 is 0 Å². The molecule has 0 saturated heterocycles. The maximum atomic E-state index is 12.2. The molecule has 36 heavy (non-hydrogen) atoms. The minimum absolute atomic E-state index is 0.445. The molecule has 0 aliphatic heterocycles. The Morgan fingerprint density at radius 2 is 0.972 bits per heavy atom. The second kappa shape index (κ2) is 11.8. The van der Waals surface area contributed by atoms with Gasteiger partial charge in [-0.2, -0.15) is 0 Å². The van der Waals surface area contributed by atoms with Gasteiger partial charge in [-0.25, -0.2) is 9.59 Å². The largest absolute Gasteiger partial charge is 0.423 e. The van der Waals surface area contributed by atoms with Gasteiger partial charge in [-0.1, -0.05) is 74.5 Å². The Hall–Kier alpha value is -4.44. The van der Waals surface area contributed by atoms with Crippen molar-refractivity contribution >= 4 is 34.9 Å². The van der Waals surface area contributed by atoms with E-state index in [4.69, 9.17) is 9.47 Å². The quantitative estimate of drug-likeness (QED) is 0.153. The number of benzene rings is 4. The van der Waals surface area contributed by atoms with Gasteiger partial charge >= 0.3 is 11.9 Å². The second-order valence-corrected chi connectivity index (χ2v) is 8.37. The highest BCUT2D eigenvalue weighted by atomic mass is 16.5. The van der Waals surface area contributed by atoms with Crippen LogP contribution in [0.5, 0.6) is 11.5 Å². The zero-order valence-corrected chi connectivity index (χ0v) is 20.4. The molecule has 0 aliphatic carbocycles. The van der Waals surface area contributed by atoms with Crippen molar-refractivity contribution in [3.8, 4) is 11.5 Å². The molecule has 0 unspecified atom stereocenters. The van der Waals surface area contributed by atoms with Gasteiger partial charge in [0.15, 0.2) is 0 Å². The molecule has 0 aliphatic rings. The number of carbonyl (C=O) groups is 2. The Morgan fingerprint density at radius 1 is 0.583 bits per heavy atom. The second-order valence-electron chi connectivity index (χ2n) is 8.37. The van der Waals surface area contributed by atoms with Crippen molar-refractivity contribution < 1.29 is 19.1 Å². The summed E-state index contributed by atoms with van der Waals surface area (Å²) < 4.78 is 10.9. The van der Waals surface area contributed by atoms with E-state index in [0.717, 1.165) is 34.7 Å². The van der Waals surface area contributed by atoms with Gasteiger partial charge in [0.1, 0.15) is 11.5 Å². The summed E-state index contributed by atoms with van der Waals surface area (Å²) in [5.41, 5.74) is 4.37. The molecule has 4 aromatic carbocycles. The molecule has 0 fully saturated rings. The number of aryl methyl sites for hydroxylation is 2. The van der Waals surface area contributed by atoms with Gasteiger partial charge in [0, 0.05) is 12.2 Å². The van der Waals surface area contributed by atoms with Gasteiger partial charge in [-0.05, 0) is 82.3 Å². The van der Waals surface area contributed by atoms with Crippen LogP contribution in [0.25, 0.3) is 22.9 Å². The van der Waals surface area contributed by atoms with Crippen LogP contribution in [0.2, 0.25) is 0 Å². The average molecular weight is 477 g/mol. The smallest absolute Gasteiger partial charge is 0.336 e. The standard InChI is InChI=1S/C32H28O4/c1-3-23-5-9-25(10-6-23)13-19-31(33)35-29-17-15-28-22-30(18-16-27(28)21-29)36-32(34)20-14-26-11-7-24(4-2)8-12-26/h5-22H,3-4H2,1-2H3/b19-13+,20-14+. The fraction of sp³-hybridized carbons (Fsp3) is 0.125. The molecule has 0 spiro atoms. The number of hydrogen-bond donors (Lipinski definition) is 0. The highest BCUT2D eigenvalue weighted by molar-refractivity contribution is 5.92. The highest BCUT2D eigenvalue weighted by Crippen LogP contribution is 2.25. The van der Waals surface area contributed by atoms with Crippen LogP contribution in [0.15, 0.2) is 97.1 Å². The number of hydrogen-bond acceptors (Lipinski definition) is 4. The molecule has 0 N–H and O–H groups in total. The van der Waals surface area contributed by atoms with Crippen LogP contribution in [0.1, 0.15) is 36.1 Å². The predicted octanol–water partition coefficient (Wildman–Crippen LogP) is 7.20. The van der Waals surface area contributed by atoms with Crippen LogP contribution in [-0.2, 0) is 22.4 Å². The number of fused-ring (bicyclic) bond motifs is 1. The first kappa shape index (κ1) is 24.7. The first-order valence-electron chi connectivity index (χ1n) is 12.0. The summed E-state index contributed by atoms with van der Waals surface area (Å²) >= 11 is 0. The summed E-state index contributed by atoms with van der Waals surface area (Å²) in [6.07, 6.45) is 8.25. The van der Waals surface area contributed by atoms with E-state index in [0.29, 0.717) is 11.5 Å². The third-order valence-electron chi connectivity index (χ3n) is 5.82. The topological polar surface area (TPSA) is 52.6 Å². The van der Waals surface area contributed by atoms with Gasteiger partial charge in [0.05, 0.1) is 0 Å². The highest BCUT2D eigenvalue weighted by Gasteiger charge is 2.06. The predicted molar refractivity (Wildman–Crippen MR) is 145 cm³/mol. The molecule has 4 rings (SSSR count). The number of carbonyl (C=O) groups excluding carboxylic acids is 2. The van der Waals surface area contributed by atoms with E-state index in [1.165, 1.54) is 23.3 Å². The Kier molecular flexibility index (Phi) is 8.09. The first-order valence-corrected chi connectivity index (χ1v) is 12.0. The Balaban J connectivity index is 1.36. The van der Waals surface area contributed by atoms with Gasteiger partial charge < -0.3 is 9.47 Å². The van der Waals surface area contributed by atoms with Crippen LogP contribution < -0.4 is 9.47 Å². The molecule has 0 bridgehead atoms. The van der Waals surface area contributed by atoms with Crippen molar-refractivity contribution in [3.63, 3.8) is 0 Å². The van der Waals surface area contributed by atoms with E-state index in [2.05, 4.69) is 13.8 Å². The lowest BCUT2D eigenvalue weighted by molar-refractivity contribution is -0.129. The zero-order chi connectivity index (χ0) is 25.3. The van der Waals surface area contributed by atoms with Crippen LogP contribution in [-0.4, -0.2) is 11.9 Å². The fourth-order valence-electron chi connectivity index (χ4n) is 3.69. The summed E-state index contributed by atoms with van der Waals surface area (Å²) in [5, 5.41) is 1.73. The van der Waals surface area contributed by atoms with E-state index in [9.17, 15) is 9.59 Å². The Bertz CT molecular complexity index is 1300. The molecule has 0 atom stereocenters. The molecule has 4 heteroatoms. The molecular formula is C32H28O4. The molecule has 4 aromatic rings. The monoisotopic (exact) mass is 476 g/mol. The average Bonchev–Trinajstić information content (AvgIpc) is 2.91. The number of ether oxygens (including phenoxy) is 2. The molecule has 0 aromatic heterocycles. The fourth-order valence-corrected chi connectivity index (χ4v) is 3.69. The van der Waals surface area contributed by atoms with E-state index in [1.54, 1.807) is 36.4 Å². The summed E-state index contributed by atoms with van der Waals surface area (Å²) in [4.78, 5) is 24.5. The molecule has 180 valence electrons. The molecule has 4 nitrogen and oxygen atoms in total. The summed E-state index contributed by atoms with van der Waals surface area (Å²) in [6, 6.07) is 26.7. The lowest BCUT2D eigenvalue weighted by atomic mass is 10.1. The Morgan fingerprint density at radius 3 is 1.33 bits per heavy atom. The maximum Gasteiger partial charge on any atom is 0.336 e. The van der Waals surface area contributed by atoms with E-state index in [1.807, 2.05) is 60.7 Å². The molecule has 0 radical (unpaired) electrons. The van der Waals surface area contributed by atoms with Crippen molar-refractivity contribution in [2.45, 2.75) is 26.7 Å². The molecule has 0 amide bonds. The SMILES string of the molecule is CCc1ccc(/C=C/C(=O)Oc2ccc3cc(OC(=O)/C=C/c4ccc(CC)cc4)ccc3c2)cc1. The van der Waals surface area contributed by atoms with Crippen molar-refractivity contribution in [1.29, 1.82) is 0 Å². The van der Waals surface area contributed by atoms with E-state index in [-0.39, 0.29) is 0 Å². The van der Waals surface area contributed by atoms with Crippen LogP contribution in [0.3, 0.4) is 0 Å². The van der Waals surface area contributed by atoms with Gasteiger partial charge in [0.2, 0.25) is 0 Å². The van der Waals surface area contributed by atoms with Gasteiger partial charge in [-0.3, -0.25) is 0 Å². The molecular weight excluding hydrogens is 448 g/mol. The normalized spacial score (nSPS) is 11.3. The van der Waals surface area contributed by atoms with E-state index < -0.39 is 11.9 Å². The lowest BCUT2D eigenvalue weighted by Gasteiger charge is -2.06. The van der Waals surface area contributed by atoms with Gasteiger partial charge in [0.25, 0.3) is 0 Å². The van der Waals surface area contributed by atoms with Crippen molar-refractivity contribution in [3.05, 3.63) is 119 Å². The lowest BCUT2D eigenvalue weighted by Crippen LogP contribution is -2.04. The minimum atomic E-state index is -0.449. The molecule has 0 saturated carbocycles. The number of rotatable bonds is 8. The third-order valence-corrected chi connectivity index (χ3v) is 5.82.